The normalized spacial score (nSPS) is 13.6. The van der Waals surface area contributed by atoms with Gasteiger partial charge in [0, 0.05) is 12.6 Å². The number of phenolic OH excluding ortho intramolecular Hbond substituents is 1. The first-order valence-corrected chi connectivity index (χ1v) is 10.2. The Kier molecular flexibility index (Phi) is 5.87. The minimum Gasteiger partial charge on any atom is -0.508 e. The van der Waals surface area contributed by atoms with Crippen molar-refractivity contribution in [2.24, 2.45) is 0 Å². The van der Waals surface area contributed by atoms with Crippen LogP contribution in [0.2, 0.25) is 0 Å². The second-order valence-electron chi connectivity index (χ2n) is 7.40. The molecule has 0 fully saturated rings. The van der Waals surface area contributed by atoms with E-state index in [0.717, 1.165) is 58.1 Å². The molecule has 0 amide bonds. The minimum absolute atomic E-state index is 0.235. The molecule has 0 aromatic heterocycles. The Morgan fingerprint density at radius 1 is 1.00 bits per heavy atom. The third-order valence-electron chi connectivity index (χ3n) is 5.36. The van der Waals surface area contributed by atoms with Crippen molar-refractivity contribution in [3.05, 3.63) is 101 Å². The number of carboxylic acid groups (broad SMARTS) is 1. The predicted molar refractivity (Wildman–Crippen MR) is 124 cm³/mol. The molecule has 0 atom stereocenters. The molecular formula is C26H24N2O3. The van der Waals surface area contributed by atoms with Crippen LogP contribution < -0.4 is 10.9 Å². The number of rotatable bonds is 6. The summed E-state index contributed by atoms with van der Waals surface area (Å²) < 4.78 is 0. The van der Waals surface area contributed by atoms with Crippen LogP contribution in [-0.4, -0.2) is 16.2 Å². The summed E-state index contributed by atoms with van der Waals surface area (Å²) in [4.78, 5) is 10.8. The maximum absolute atomic E-state index is 10.8. The lowest BCUT2D eigenvalue weighted by Gasteiger charge is -2.17. The van der Waals surface area contributed by atoms with Gasteiger partial charge in [-0.1, -0.05) is 49.4 Å². The van der Waals surface area contributed by atoms with Gasteiger partial charge in [-0.25, -0.2) is 10.2 Å². The van der Waals surface area contributed by atoms with E-state index in [1.54, 1.807) is 18.2 Å². The van der Waals surface area contributed by atoms with Gasteiger partial charge in [0.25, 0.3) is 0 Å². The molecule has 0 unspecified atom stereocenters. The van der Waals surface area contributed by atoms with Crippen molar-refractivity contribution in [3.8, 4) is 5.75 Å². The number of aliphatic carboxylic acids is 1. The Balaban J connectivity index is 1.88. The van der Waals surface area contributed by atoms with Gasteiger partial charge in [-0.3, -0.25) is 0 Å². The highest BCUT2D eigenvalue weighted by Gasteiger charge is 2.17. The molecule has 0 spiro atoms. The van der Waals surface area contributed by atoms with Crippen molar-refractivity contribution >= 4 is 28.9 Å². The number of nitrogens with one attached hydrogen (secondary N) is 2. The first kappa shape index (κ1) is 20.4. The number of allylic oxidation sites excluding steroid dienone is 1. The van der Waals surface area contributed by atoms with Crippen molar-refractivity contribution in [2.45, 2.75) is 19.9 Å². The molecule has 0 saturated heterocycles. The third-order valence-corrected chi connectivity index (χ3v) is 5.36. The van der Waals surface area contributed by atoms with Gasteiger partial charge in [0.15, 0.2) is 0 Å². The van der Waals surface area contributed by atoms with Gasteiger partial charge in [0.2, 0.25) is 0 Å². The van der Waals surface area contributed by atoms with E-state index in [2.05, 4.69) is 36.0 Å². The van der Waals surface area contributed by atoms with E-state index in [-0.39, 0.29) is 5.75 Å². The molecule has 0 bridgehead atoms. The van der Waals surface area contributed by atoms with Gasteiger partial charge < -0.3 is 15.6 Å². The summed E-state index contributed by atoms with van der Waals surface area (Å²) >= 11 is 0. The Morgan fingerprint density at radius 3 is 2.48 bits per heavy atom. The number of fused-ring (bicyclic) bond motifs is 1. The smallest absolute Gasteiger partial charge is 0.328 e. The molecule has 1 heterocycles. The maximum atomic E-state index is 10.8. The van der Waals surface area contributed by atoms with Crippen molar-refractivity contribution in [1.29, 1.82) is 0 Å². The van der Waals surface area contributed by atoms with Gasteiger partial charge in [0.05, 0.1) is 5.69 Å². The Morgan fingerprint density at radius 2 is 1.77 bits per heavy atom. The number of hydrazine groups is 1. The van der Waals surface area contributed by atoms with Gasteiger partial charge in [-0.15, -0.1) is 0 Å². The first-order valence-electron chi connectivity index (χ1n) is 10.2. The summed E-state index contributed by atoms with van der Waals surface area (Å²) in [5.74, 6) is -0.735. The summed E-state index contributed by atoms with van der Waals surface area (Å²) in [6, 6.07) is 21.6. The number of carboxylic acids is 1. The van der Waals surface area contributed by atoms with Crippen LogP contribution >= 0.6 is 0 Å². The number of hydrogen-bond donors (Lipinski definition) is 4. The lowest BCUT2D eigenvalue weighted by atomic mass is 9.87. The molecular weight excluding hydrogens is 388 g/mol. The first-order chi connectivity index (χ1) is 15.0. The molecule has 5 heteroatoms. The standard InChI is InChI=1S/C26H24N2O3/c1-2-23(19-4-3-5-22(29)15-19)26(20-11-12-24-21(14-20)16-27-28-24)18-9-6-17(7-10-18)8-13-25(30)31/h3-15,27-29H,2,16H2,1H3,(H,30,31)/b13-8+,26-23+. The van der Waals surface area contributed by atoms with E-state index in [9.17, 15) is 9.90 Å². The van der Waals surface area contributed by atoms with Crippen LogP contribution in [0, 0.1) is 0 Å². The summed E-state index contributed by atoms with van der Waals surface area (Å²) in [6.07, 6.45) is 3.50. The topological polar surface area (TPSA) is 81.6 Å². The maximum Gasteiger partial charge on any atom is 0.328 e. The van der Waals surface area contributed by atoms with E-state index in [0.29, 0.717) is 0 Å². The highest BCUT2D eigenvalue weighted by molar-refractivity contribution is 5.99. The average Bonchev–Trinajstić information content (AvgIpc) is 3.24. The van der Waals surface area contributed by atoms with E-state index < -0.39 is 5.97 Å². The Labute approximate surface area is 181 Å². The molecule has 156 valence electrons. The molecule has 4 rings (SSSR count). The zero-order valence-corrected chi connectivity index (χ0v) is 17.2. The van der Waals surface area contributed by atoms with Crippen LogP contribution in [-0.2, 0) is 11.3 Å². The fraction of sp³-hybridized carbons (Fsp3) is 0.115. The highest BCUT2D eigenvalue weighted by Crippen LogP contribution is 2.37. The van der Waals surface area contributed by atoms with E-state index in [1.807, 2.05) is 36.4 Å². The van der Waals surface area contributed by atoms with Crippen LogP contribution in [0.5, 0.6) is 5.75 Å². The fourth-order valence-electron chi connectivity index (χ4n) is 3.91. The molecule has 3 aromatic rings. The summed E-state index contributed by atoms with van der Waals surface area (Å²) in [5.41, 5.74) is 14.7. The van der Waals surface area contributed by atoms with Crippen LogP contribution in [0.3, 0.4) is 0 Å². The van der Waals surface area contributed by atoms with E-state index >= 15 is 0 Å². The SMILES string of the molecule is CC/C(=C(/c1ccc(/C=C/C(=O)O)cc1)c1ccc2c(c1)CNN2)c1cccc(O)c1. The number of phenols is 1. The number of carbonyl (C=O) groups is 1. The zero-order chi connectivity index (χ0) is 21.8. The number of anilines is 1. The van der Waals surface area contributed by atoms with Crippen LogP contribution in [0.1, 0.15) is 41.2 Å². The molecule has 3 aromatic carbocycles. The molecule has 1 aliphatic heterocycles. The van der Waals surface area contributed by atoms with Gasteiger partial charge in [-0.05, 0) is 75.7 Å². The predicted octanol–water partition coefficient (Wildman–Crippen LogP) is 5.29. The molecule has 1 aliphatic rings. The molecule has 0 saturated carbocycles. The van der Waals surface area contributed by atoms with Gasteiger partial charge in [-0.2, -0.15) is 0 Å². The van der Waals surface area contributed by atoms with Crippen molar-refractivity contribution in [2.75, 3.05) is 5.43 Å². The number of benzene rings is 3. The van der Waals surface area contributed by atoms with Crippen LogP contribution in [0.25, 0.3) is 17.2 Å². The van der Waals surface area contributed by atoms with Gasteiger partial charge >= 0.3 is 5.97 Å². The van der Waals surface area contributed by atoms with Crippen LogP contribution in [0.15, 0.2) is 72.8 Å². The van der Waals surface area contributed by atoms with Crippen molar-refractivity contribution in [1.82, 2.24) is 5.43 Å². The lowest BCUT2D eigenvalue weighted by Crippen LogP contribution is -2.10. The second-order valence-corrected chi connectivity index (χ2v) is 7.40. The number of aromatic hydroxyl groups is 1. The average molecular weight is 412 g/mol. The van der Waals surface area contributed by atoms with Gasteiger partial charge in [0.1, 0.15) is 5.75 Å². The molecule has 5 nitrogen and oxygen atoms in total. The zero-order valence-electron chi connectivity index (χ0n) is 17.2. The number of hydrogen-bond acceptors (Lipinski definition) is 4. The fourth-order valence-corrected chi connectivity index (χ4v) is 3.91. The lowest BCUT2D eigenvalue weighted by molar-refractivity contribution is -0.131. The minimum atomic E-state index is -0.970. The summed E-state index contributed by atoms with van der Waals surface area (Å²) in [7, 11) is 0. The molecule has 0 aliphatic carbocycles. The second kappa shape index (κ2) is 8.90. The molecule has 4 N–H and O–H groups in total. The molecule has 31 heavy (non-hydrogen) atoms. The quantitative estimate of drug-likeness (QED) is 0.327. The van der Waals surface area contributed by atoms with E-state index in [1.165, 1.54) is 5.56 Å². The Bertz CT molecular complexity index is 1180. The largest absolute Gasteiger partial charge is 0.508 e. The third kappa shape index (κ3) is 4.52. The van der Waals surface area contributed by atoms with E-state index in [4.69, 9.17) is 5.11 Å². The van der Waals surface area contributed by atoms with Crippen molar-refractivity contribution in [3.63, 3.8) is 0 Å². The monoisotopic (exact) mass is 412 g/mol. The van der Waals surface area contributed by atoms with Crippen molar-refractivity contribution < 1.29 is 15.0 Å². The molecule has 0 radical (unpaired) electrons. The highest BCUT2D eigenvalue weighted by atomic mass is 16.4. The summed E-state index contributed by atoms with van der Waals surface area (Å²) in [5, 5.41) is 18.9. The summed E-state index contributed by atoms with van der Waals surface area (Å²) in [6.45, 7) is 2.86. The van der Waals surface area contributed by atoms with Crippen LogP contribution in [0.4, 0.5) is 5.69 Å². The Hall–Kier alpha value is -3.83.